The maximum Gasteiger partial charge on any atom is 0.320 e. The third-order valence-electron chi connectivity index (χ3n) is 5.09. The summed E-state index contributed by atoms with van der Waals surface area (Å²) in [5.74, 6) is -0.632. The van der Waals surface area contributed by atoms with Crippen molar-refractivity contribution in [1.82, 2.24) is 14.7 Å². The number of urea groups is 1. The van der Waals surface area contributed by atoms with E-state index in [1.807, 2.05) is 9.80 Å². The van der Waals surface area contributed by atoms with E-state index >= 15 is 0 Å². The number of nitrogens with zero attached hydrogens (tertiary/aromatic N) is 3. The molecule has 0 aliphatic carbocycles. The first kappa shape index (κ1) is 14.6. The molecule has 118 valence electrons. The van der Waals surface area contributed by atoms with Crippen LogP contribution in [0.4, 0.5) is 4.79 Å². The Morgan fingerprint density at radius 2 is 1.71 bits per heavy atom. The Morgan fingerprint density at radius 1 is 0.952 bits per heavy atom. The van der Waals surface area contributed by atoms with Crippen LogP contribution in [0.2, 0.25) is 0 Å². The number of aliphatic carboxylic acids is 1. The molecule has 3 heterocycles. The Hall–Kier alpha value is -1.30. The van der Waals surface area contributed by atoms with Crippen molar-refractivity contribution in [1.29, 1.82) is 0 Å². The number of amides is 2. The minimum atomic E-state index is -0.759. The van der Waals surface area contributed by atoms with Gasteiger partial charge in [0.15, 0.2) is 0 Å². The van der Waals surface area contributed by atoms with Crippen LogP contribution in [0.5, 0.6) is 0 Å². The molecule has 3 fully saturated rings. The lowest BCUT2D eigenvalue weighted by Gasteiger charge is -2.29. The second-order valence-corrected chi connectivity index (χ2v) is 6.61. The fourth-order valence-electron chi connectivity index (χ4n) is 4.00. The molecule has 2 atom stereocenters. The van der Waals surface area contributed by atoms with Gasteiger partial charge in [-0.15, -0.1) is 0 Å². The summed E-state index contributed by atoms with van der Waals surface area (Å²) in [5.41, 5.74) is 0. The number of fused-ring (bicyclic) bond motifs is 1. The molecule has 21 heavy (non-hydrogen) atoms. The molecule has 3 saturated heterocycles. The monoisotopic (exact) mass is 295 g/mol. The normalized spacial score (nSPS) is 30.3. The third kappa shape index (κ3) is 3.31. The molecule has 0 spiro atoms. The van der Waals surface area contributed by atoms with Crippen LogP contribution >= 0.6 is 0 Å². The Balaban J connectivity index is 1.56. The van der Waals surface area contributed by atoms with Gasteiger partial charge in [0.25, 0.3) is 0 Å². The van der Waals surface area contributed by atoms with E-state index in [1.54, 1.807) is 0 Å². The molecule has 1 N–H and O–H groups in total. The van der Waals surface area contributed by atoms with Crippen molar-refractivity contribution in [2.75, 3.05) is 39.3 Å². The zero-order valence-corrected chi connectivity index (χ0v) is 12.5. The second kappa shape index (κ2) is 6.22. The number of hydrogen-bond donors (Lipinski definition) is 1. The van der Waals surface area contributed by atoms with Crippen molar-refractivity contribution < 1.29 is 14.7 Å². The minimum absolute atomic E-state index is 0.122. The number of carbonyl (C=O) groups excluding carboxylic acids is 1. The van der Waals surface area contributed by atoms with Crippen molar-refractivity contribution in [3.8, 4) is 0 Å². The van der Waals surface area contributed by atoms with Gasteiger partial charge in [-0.3, -0.25) is 9.69 Å². The standard InChI is InChI=1S/C15H25N3O3/c19-14(20)9-12-4-8-18(10-12)15(21)17-7-2-6-16-5-1-3-13(16)11-17/h12-13H,1-11H2,(H,19,20). The summed E-state index contributed by atoms with van der Waals surface area (Å²) in [6, 6.07) is 0.658. The van der Waals surface area contributed by atoms with Gasteiger partial charge in [0.1, 0.15) is 0 Å². The van der Waals surface area contributed by atoms with Gasteiger partial charge in [-0.2, -0.15) is 0 Å². The molecule has 0 saturated carbocycles. The Bertz CT molecular complexity index is 415. The van der Waals surface area contributed by atoms with Crippen molar-refractivity contribution in [2.24, 2.45) is 5.92 Å². The zero-order valence-electron chi connectivity index (χ0n) is 12.5. The van der Waals surface area contributed by atoms with E-state index in [0.717, 1.165) is 32.5 Å². The average molecular weight is 295 g/mol. The van der Waals surface area contributed by atoms with Gasteiger partial charge >= 0.3 is 12.0 Å². The smallest absolute Gasteiger partial charge is 0.320 e. The van der Waals surface area contributed by atoms with E-state index in [2.05, 4.69) is 4.90 Å². The van der Waals surface area contributed by atoms with Gasteiger partial charge < -0.3 is 14.9 Å². The SMILES string of the molecule is O=C(O)CC1CCN(C(=O)N2CCCN3CCCC3C2)C1. The molecular formula is C15H25N3O3. The van der Waals surface area contributed by atoms with Crippen LogP contribution in [-0.4, -0.2) is 77.1 Å². The number of likely N-dealkylation sites (tertiary alicyclic amines) is 1. The fourth-order valence-corrected chi connectivity index (χ4v) is 4.00. The fraction of sp³-hybridized carbons (Fsp3) is 0.867. The Morgan fingerprint density at radius 3 is 2.52 bits per heavy atom. The molecule has 2 amide bonds. The summed E-state index contributed by atoms with van der Waals surface area (Å²) in [7, 11) is 0. The van der Waals surface area contributed by atoms with E-state index in [4.69, 9.17) is 5.11 Å². The lowest BCUT2D eigenvalue weighted by atomic mass is 10.1. The van der Waals surface area contributed by atoms with Gasteiger partial charge in [0.2, 0.25) is 0 Å². The highest BCUT2D eigenvalue weighted by molar-refractivity contribution is 5.75. The van der Waals surface area contributed by atoms with Crippen LogP contribution in [0.15, 0.2) is 0 Å². The molecule has 3 aliphatic rings. The highest BCUT2D eigenvalue weighted by Crippen LogP contribution is 2.24. The third-order valence-corrected chi connectivity index (χ3v) is 5.09. The predicted molar refractivity (Wildman–Crippen MR) is 78.1 cm³/mol. The van der Waals surface area contributed by atoms with Crippen LogP contribution in [0.3, 0.4) is 0 Å². The van der Waals surface area contributed by atoms with Crippen molar-refractivity contribution in [3.63, 3.8) is 0 Å². The average Bonchev–Trinajstić information content (AvgIpc) is 3.02. The molecule has 0 aromatic heterocycles. The van der Waals surface area contributed by atoms with E-state index in [0.29, 0.717) is 19.1 Å². The number of carboxylic acid groups (broad SMARTS) is 1. The van der Waals surface area contributed by atoms with Crippen molar-refractivity contribution in [3.05, 3.63) is 0 Å². The second-order valence-electron chi connectivity index (χ2n) is 6.61. The molecule has 0 bridgehead atoms. The first-order valence-electron chi connectivity index (χ1n) is 8.13. The number of rotatable bonds is 2. The van der Waals surface area contributed by atoms with Gasteiger partial charge in [0.05, 0.1) is 0 Å². The quantitative estimate of drug-likeness (QED) is 0.828. The Kier molecular flexibility index (Phi) is 4.33. The van der Waals surface area contributed by atoms with Crippen LogP contribution in [0.1, 0.15) is 32.1 Å². The van der Waals surface area contributed by atoms with Crippen LogP contribution in [0, 0.1) is 5.92 Å². The van der Waals surface area contributed by atoms with Gasteiger partial charge in [-0.1, -0.05) is 0 Å². The molecule has 0 aromatic rings. The number of hydrogen-bond acceptors (Lipinski definition) is 3. The Labute approximate surface area is 125 Å². The topological polar surface area (TPSA) is 64.1 Å². The van der Waals surface area contributed by atoms with Gasteiger partial charge in [-0.05, 0) is 38.1 Å². The first-order chi connectivity index (χ1) is 10.1. The summed E-state index contributed by atoms with van der Waals surface area (Å²) in [5, 5.41) is 8.87. The molecule has 6 nitrogen and oxygen atoms in total. The molecule has 3 aliphatic heterocycles. The number of carboxylic acids is 1. The van der Waals surface area contributed by atoms with Gasteiger partial charge in [0, 0.05) is 45.2 Å². The predicted octanol–water partition coefficient (Wildman–Crippen LogP) is 1.07. The molecule has 2 unspecified atom stereocenters. The van der Waals surface area contributed by atoms with Gasteiger partial charge in [-0.25, -0.2) is 4.79 Å². The van der Waals surface area contributed by atoms with Crippen LogP contribution in [0.25, 0.3) is 0 Å². The van der Waals surface area contributed by atoms with E-state index in [1.165, 1.54) is 19.4 Å². The summed E-state index contributed by atoms with van der Waals surface area (Å²) >= 11 is 0. The largest absolute Gasteiger partial charge is 0.481 e. The zero-order chi connectivity index (χ0) is 14.8. The van der Waals surface area contributed by atoms with Crippen molar-refractivity contribution >= 4 is 12.0 Å². The molecule has 3 rings (SSSR count). The van der Waals surface area contributed by atoms with E-state index in [-0.39, 0.29) is 18.4 Å². The van der Waals surface area contributed by atoms with Crippen molar-refractivity contribution in [2.45, 2.75) is 38.1 Å². The lowest BCUT2D eigenvalue weighted by molar-refractivity contribution is -0.138. The highest BCUT2D eigenvalue weighted by Gasteiger charge is 2.34. The van der Waals surface area contributed by atoms with E-state index in [9.17, 15) is 9.59 Å². The highest BCUT2D eigenvalue weighted by atomic mass is 16.4. The minimum Gasteiger partial charge on any atom is -0.481 e. The van der Waals surface area contributed by atoms with Crippen LogP contribution < -0.4 is 0 Å². The summed E-state index contributed by atoms with van der Waals surface area (Å²) in [6.45, 7) is 5.29. The first-order valence-corrected chi connectivity index (χ1v) is 8.13. The lowest BCUT2D eigenvalue weighted by Crippen LogP contribution is -2.46. The molecule has 6 heteroatoms. The maximum absolute atomic E-state index is 12.7. The number of carbonyl (C=O) groups is 2. The van der Waals surface area contributed by atoms with Crippen LogP contribution in [-0.2, 0) is 4.79 Å². The maximum atomic E-state index is 12.7. The summed E-state index contributed by atoms with van der Waals surface area (Å²) < 4.78 is 0. The molecular weight excluding hydrogens is 270 g/mol. The summed E-state index contributed by atoms with van der Waals surface area (Å²) in [6.07, 6.45) is 4.50. The summed E-state index contributed by atoms with van der Waals surface area (Å²) in [4.78, 5) is 29.8. The van der Waals surface area contributed by atoms with E-state index < -0.39 is 5.97 Å². The molecule has 0 radical (unpaired) electrons. The molecule has 0 aromatic carbocycles.